The van der Waals surface area contributed by atoms with Crippen molar-refractivity contribution < 1.29 is 0 Å². The van der Waals surface area contributed by atoms with E-state index in [9.17, 15) is 0 Å². The Bertz CT molecular complexity index is 1340. The number of halogens is 1. The van der Waals surface area contributed by atoms with Crippen LogP contribution in [0.4, 0.5) is 5.82 Å². The van der Waals surface area contributed by atoms with Crippen molar-refractivity contribution in [3.8, 4) is 11.8 Å². The SMILES string of the molecule is Cc1nc(N2CC3(CC(c4nnc5n4-c4ccc(Cl)cc4CN(C4CC4)C5)C3)C2)ccc1C#N. The number of fused-ring (bicyclic) bond motifs is 3. The second-order valence-corrected chi connectivity index (χ2v) is 11.0. The largest absolute Gasteiger partial charge is 0.355 e. The molecule has 2 aromatic heterocycles. The third-order valence-electron chi connectivity index (χ3n) is 8.11. The highest BCUT2D eigenvalue weighted by Crippen LogP contribution is 2.56. The van der Waals surface area contributed by atoms with Crippen molar-refractivity contribution >= 4 is 17.4 Å². The van der Waals surface area contributed by atoms with E-state index < -0.39 is 0 Å². The highest BCUT2D eigenvalue weighted by molar-refractivity contribution is 6.30. The van der Waals surface area contributed by atoms with E-state index in [4.69, 9.17) is 22.0 Å². The summed E-state index contributed by atoms with van der Waals surface area (Å²) in [5.41, 5.74) is 4.25. The average molecular weight is 472 g/mol. The maximum Gasteiger partial charge on any atom is 0.151 e. The normalized spacial score (nSPS) is 21.3. The summed E-state index contributed by atoms with van der Waals surface area (Å²) in [5.74, 6) is 3.56. The van der Waals surface area contributed by atoms with Gasteiger partial charge in [-0.1, -0.05) is 11.6 Å². The van der Waals surface area contributed by atoms with Gasteiger partial charge in [-0.25, -0.2) is 4.98 Å². The molecule has 4 heterocycles. The van der Waals surface area contributed by atoms with Crippen molar-refractivity contribution in [3.05, 3.63) is 63.8 Å². The van der Waals surface area contributed by atoms with E-state index in [1.54, 1.807) is 0 Å². The van der Waals surface area contributed by atoms with Gasteiger partial charge in [0.2, 0.25) is 0 Å². The molecule has 34 heavy (non-hydrogen) atoms. The molecule has 8 heteroatoms. The maximum atomic E-state index is 9.16. The molecule has 4 aliphatic rings. The van der Waals surface area contributed by atoms with Crippen LogP contribution in [0.5, 0.6) is 0 Å². The van der Waals surface area contributed by atoms with Gasteiger partial charge in [-0.15, -0.1) is 10.2 Å². The van der Waals surface area contributed by atoms with Gasteiger partial charge < -0.3 is 4.90 Å². The van der Waals surface area contributed by atoms with E-state index in [0.29, 0.717) is 22.9 Å². The topological polar surface area (TPSA) is 73.9 Å². The predicted octanol–water partition coefficient (Wildman–Crippen LogP) is 4.36. The lowest BCUT2D eigenvalue weighted by Gasteiger charge is -2.59. The fraction of sp³-hybridized carbons (Fsp3) is 0.462. The van der Waals surface area contributed by atoms with E-state index in [-0.39, 0.29) is 0 Å². The summed E-state index contributed by atoms with van der Waals surface area (Å²) >= 11 is 6.38. The van der Waals surface area contributed by atoms with Gasteiger partial charge in [-0.05, 0) is 68.5 Å². The molecule has 7 rings (SSSR count). The number of nitrogens with zero attached hydrogens (tertiary/aromatic N) is 7. The molecule has 0 bridgehead atoms. The lowest BCUT2D eigenvalue weighted by atomic mass is 9.57. The molecular weight excluding hydrogens is 446 g/mol. The number of anilines is 1. The van der Waals surface area contributed by atoms with Crippen LogP contribution < -0.4 is 4.90 Å². The third kappa shape index (κ3) is 3.16. The summed E-state index contributed by atoms with van der Waals surface area (Å²) in [7, 11) is 0. The summed E-state index contributed by atoms with van der Waals surface area (Å²) < 4.78 is 2.33. The number of hydrogen-bond acceptors (Lipinski definition) is 6. The van der Waals surface area contributed by atoms with Crippen LogP contribution in [0.3, 0.4) is 0 Å². The Morgan fingerprint density at radius 1 is 1.09 bits per heavy atom. The van der Waals surface area contributed by atoms with Crippen LogP contribution in [-0.2, 0) is 13.1 Å². The van der Waals surface area contributed by atoms with Crippen LogP contribution in [0, 0.1) is 23.7 Å². The lowest BCUT2D eigenvalue weighted by Crippen LogP contribution is -2.62. The molecule has 3 aromatic rings. The Morgan fingerprint density at radius 3 is 2.65 bits per heavy atom. The zero-order valence-electron chi connectivity index (χ0n) is 19.2. The zero-order valence-corrected chi connectivity index (χ0v) is 20.0. The molecule has 0 atom stereocenters. The van der Waals surface area contributed by atoms with Gasteiger partial charge in [0.15, 0.2) is 5.82 Å². The first-order valence-electron chi connectivity index (χ1n) is 12.1. The van der Waals surface area contributed by atoms with Gasteiger partial charge in [-0.3, -0.25) is 9.47 Å². The van der Waals surface area contributed by atoms with Crippen LogP contribution in [0.25, 0.3) is 5.69 Å². The monoisotopic (exact) mass is 471 g/mol. The van der Waals surface area contributed by atoms with Crippen LogP contribution in [-0.4, -0.2) is 43.8 Å². The highest BCUT2D eigenvalue weighted by atomic mass is 35.5. The van der Waals surface area contributed by atoms with E-state index in [2.05, 4.69) is 42.7 Å². The molecule has 0 N–H and O–H groups in total. The Labute approximate surface area is 204 Å². The average Bonchev–Trinajstić information content (AvgIpc) is 3.55. The second-order valence-electron chi connectivity index (χ2n) is 10.6. The Kier molecular flexibility index (Phi) is 4.37. The van der Waals surface area contributed by atoms with Crippen LogP contribution in [0.1, 0.15) is 60.1 Å². The minimum Gasteiger partial charge on any atom is -0.355 e. The molecule has 3 fully saturated rings. The smallest absolute Gasteiger partial charge is 0.151 e. The van der Waals surface area contributed by atoms with Crippen molar-refractivity contribution in [3.63, 3.8) is 0 Å². The standard InChI is InChI=1S/C26H26ClN7/c1-16-17(11-28)2-7-23(29-16)33-14-26(15-33)9-19(10-26)25-31-30-24-13-32(21-4-5-21)12-18-8-20(27)3-6-22(18)34(24)25/h2-3,6-8,19,21H,4-5,9-10,12-15H2,1H3. The molecular formula is C26H26ClN7. The third-order valence-corrected chi connectivity index (χ3v) is 8.35. The molecule has 1 spiro atoms. The molecule has 7 nitrogen and oxygen atoms in total. The maximum absolute atomic E-state index is 9.16. The molecule has 172 valence electrons. The Morgan fingerprint density at radius 2 is 1.91 bits per heavy atom. The second kappa shape index (κ2) is 7.27. The molecule has 0 radical (unpaired) electrons. The quantitative estimate of drug-likeness (QED) is 0.565. The van der Waals surface area contributed by atoms with E-state index in [0.717, 1.165) is 67.2 Å². The number of aryl methyl sites for hydroxylation is 1. The van der Waals surface area contributed by atoms with Crippen LogP contribution in [0.15, 0.2) is 30.3 Å². The molecule has 2 saturated carbocycles. The van der Waals surface area contributed by atoms with Gasteiger partial charge in [0.25, 0.3) is 0 Å². The summed E-state index contributed by atoms with van der Waals surface area (Å²) in [6, 6.07) is 13.0. The van der Waals surface area contributed by atoms with Crippen molar-refractivity contribution in [2.45, 2.75) is 57.7 Å². The van der Waals surface area contributed by atoms with Gasteiger partial charge in [0.05, 0.1) is 23.5 Å². The fourth-order valence-electron chi connectivity index (χ4n) is 6.21. The van der Waals surface area contributed by atoms with Crippen molar-refractivity contribution in [2.75, 3.05) is 18.0 Å². The lowest BCUT2D eigenvalue weighted by molar-refractivity contribution is 0.0581. The number of benzene rings is 1. The number of hydrogen-bond donors (Lipinski definition) is 0. The molecule has 1 aromatic carbocycles. The molecule has 0 amide bonds. The molecule has 2 aliphatic carbocycles. The number of rotatable bonds is 3. The van der Waals surface area contributed by atoms with Crippen LogP contribution >= 0.6 is 11.6 Å². The molecule has 1 saturated heterocycles. The van der Waals surface area contributed by atoms with Gasteiger partial charge in [0.1, 0.15) is 17.7 Å². The number of pyridine rings is 1. The highest BCUT2D eigenvalue weighted by Gasteiger charge is 2.54. The summed E-state index contributed by atoms with van der Waals surface area (Å²) in [6.07, 6.45) is 4.80. The van der Waals surface area contributed by atoms with Crippen molar-refractivity contribution in [1.29, 1.82) is 5.26 Å². The summed E-state index contributed by atoms with van der Waals surface area (Å²) in [6.45, 7) is 5.71. The van der Waals surface area contributed by atoms with Crippen molar-refractivity contribution in [1.82, 2.24) is 24.6 Å². The van der Waals surface area contributed by atoms with Gasteiger partial charge in [0, 0.05) is 42.0 Å². The Hall–Kier alpha value is -2.95. The van der Waals surface area contributed by atoms with Gasteiger partial charge in [-0.2, -0.15) is 5.26 Å². The van der Waals surface area contributed by atoms with Crippen molar-refractivity contribution in [2.24, 2.45) is 5.41 Å². The minimum absolute atomic E-state index is 0.341. The van der Waals surface area contributed by atoms with E-state index in [1.165, 1.54) is 24.1 Å². The first-order valence-corrected chi connectivity index (χ1v) is 12.5. The summed E-state index contributed by atoms with van der Waals surface area (Å²) in [5, 5.41) is 19.4. The zero-order chi connectivity index (χ0) is 23.0. The van der Waals surface area contributed by atoms with E-state index >= 15 is 0 Å². The van der Waals surface area contributed by atoms with Crippen LogP contribution in [0.2, 0.25) is 5.02 Å². The first-order chi connectivity index (χ1) is 16.5. The number of nitriles is 1. The molecule has 0 unspecified atom stereocenters. The van der Waals surface area contributed by atoms with Gasteiger partial charge >= 0.3 is 0 Å². The summed E-state index contributed by atoms with van der Waals surface area (Å²) in [4.78, 5) is 9.51. The minimum atomic E-state index is 0.341. The predicted molar refractivity (Wildman–Crippen MR) is 129 cm³/mol. The molecule has 2 aliphatic heterocycles. The van der Waals surface area contributed by atoms with E-state index in [1.807, 2.05) is 25.1 Å². The Balaban J connectivity index is 1.12. The fourth-order valence-corrected chi connectivity index (χ4v) is 6.40. The number of aromatic nitrogens is 4. The first kappa shape index (κ1) is 20.4.